The minimum atomic E-state index is -0.536. The van der Waals surface area contributed by atoms with Gasteiger partial charge in [0.1, 0.15) is 11.9 Å². The number of anilines is 2. The summed E-state index contributed by atoms with van der Waals surface area (Å²) in [7, 11) is 0. The van der Waals surface area contributed by atoms with Gasteiger partial charge in [-0.25, -0.2) is 5.84 Å². The molecule has 0 bridgehead atoms. The van der Waals surface area contributed by atoms with Gasteiger partial charge >= 0.3 is 0 Å². The third-order valence-electron chi connectivity index (χ3n) is 2.99. The Kier molecular flexibility index (Phi) is 2.91. The standard InChI is InChI=1S/C10H12N8O2/c11-17-10-15-7(4-3-12-18-8(4)16-10)13-5-1-2-6(19)14-9(5)20/h3,5H,1-2,11H2,(H,14,19,20)(H3,12,13,15,16,17,18). The van der Waals surface area contributed by atoms with Gasteiger partial charge in [-0.15, -0.1) is 0 Å². The number of carbonyl (C=O) groups excluding carboxylic acids is 2. The van der Waals surface area contributed by atoms with Crippen LogP contribution in [0.5, 0.6) is 0 Å². The van der Waals surface area contributed by atoms with Crippen LogP contribution in [-0.4, -0.2) is 38.0 Å². The van der Waals surface area contributed by atoms with Crippen LogP contribution in [0.1, 0.15) is 12.8 Å². The average Bonchev–Trinajstić information content (AvgIpc) is 2.90. The highest BCUT2D eigenvalue weighted by molar-refractivity contribution is 6.02. The summed E-state index contributed by atoms with van der Waals surface area (Å²) in [6.45, 7) is 0. The highest BCUT2D eigenvalue weighted by Gasteiger charge is 2.27. The fourth-order valence-corrected chi connectivity index (χ4v) is 2.01. The smallest absolute Gasteiger partial charge is 0.249 e. The first-order valence-electron chi connectivity index (χ1n) is 5.95. The lowest BCUT2D eigenvalue weighted by molar-refractivity contribution is -0.133. The van der Waals surface area contributed by atoms with Crippen LogP contribution in [-0.2, 0) is 9.59 Å². The Morgan fingerprint density at radius 1 is 1.35 bits per heavy atom. The molecule has 1 aliphatic rings. The number of piperidine rings is 1. The molecule has 1 aliphatic heterocycles. The Morgan fingerprint density at radius 3 is 2.95 bits per heavy atom. The SMILES string of the molecule is NNc1nc(NC2CCC(=O)NC2=O)c2cn[nH]c2n1. The van der Waals surface area contributed by atoms with Crippen molar-refractivity contribution in [2.45, 2.75) is 18.9 Å². The number of imide groups is 1. The molecule has 1 atom stereocenters. The molecule has 1 unspecified atom stereocenters. The minimum Gasteiger partial charge on any atom is -0.358 e. The molecule has 1 fully saturated rings. The van der Waals surface area contributed by atoms with Crippen molar-refractivity contribution in [3.63, 3.8) is 0 Å². The van der Waals surface area contributed by atoms with E-state index in [2.05, 4.69) is 36.2 Å². The van der Waals surface area contributed by atoms with Gasteiger partial charge in [0.05, 0.1) is 11.6 Å². The van der Waals surface area contributed by atoms with Gasteiger partial charge in [-0.3, -0.25) is 25.4 Å². The lowest BCUT2D eigenvalue weighted by Gasteiger charge is -2.22. The number of carbonyl (C=O) groups is 2. The number of nitrogen functional groups attached to an aromatic ring is 1. The molecule has 2 amide bonds. The van der Waals surface area contributed by atoms with Gasteiger partial charge in [0.15, 0.2) is 5.65 Å². The van der Waals surface area contributed by atoms with Gasteiger partial charge in [0.2, 0.25) is 17.8 Å². The number of aromatic amines is 1. The molecule has 2 aromatic rings. The van der Waals surface area contributed by atoms with Crippen LogP contribution in [0.25, 0.3) is 11.0 Å². The molecule has 20 heavy (non-hydrogen) atoms. The molecule has 0 saturated carbocycles. The largest absolute Gasteiger partial charge is 0.358 e. The fraction of sp³-hybridized carbons (Fsp3) is 0.300. The number of fused-ring (bicyclic) bond motifs is 1. The van der Waals surface area contributed by atoms with E-state index in [1.807, 2.05) is 0 Å². The predicted molar refractivity (Wildman–Crippen MR) is 69.3 cm³/mol. The molecular formula is C10H12N8O2. The maximum atomic E-state index is 11.7. The number of aromatic nitrogens is 4. The van der Waals surface area contributed by atoms with Gasteiger partial charge in [-0.1, -0.05) is 0 Å². The number of amides is 2. The van der Waals surface area contributed by atoms with Crippen LogP contribution in [0.4, 0.5) is 11.8 Å². The summed E-state index contributed by atoms with van der Waals surface area (Å²) in [4.78, 5) is 31.1. The van der Waals surface area contributed by atoms with Gasteiger partial charge < -0.3 is 5.32 Å². The van der Waals surface area contributed by atoms with Crippen LogP contribution in [0.15, 0.2) is 6.20 Å². The summed E-state index contributed by atoms with van der Waals surface area (Å²) in [6, 6.07) is -0.536. The molecule has 3 rings (SSSR count). The molecule has 6 N–H and O–H groups in total. The predicted octanol–water partition coefficient (Wildman–Crippen LogP) is -1.14. The van der Waals surface area contributed by atoms with Crippen molar-refractivity contribution in [3.05, 3.63) is 6.20 Å². The van der Waals surface area contributed by atoms with Crippen LogP contribution < -0.4 is 21.9 Å². The third kappa shape index (κ3) is 2.12. The molecule has 10 heteroatoms. The van der Waals surface area contributed by atoms with Gasteiger partial charge in [0, 0.05) is 6.42 Å². The number of hydrogen-bond donors (Lipinski definition) is 5. The van der Waals surface area contributed by atoms with E-state index < -0.39 is 6.04 Å². The normalized spacial score (nSPS) is 18.9. The number of nitrogens with two attached hydrogens (primary N) is 1. The number of nitrogens with zero attached hydrogens (tertiary/aromatic N) is 3. The molecule has 0 aliphatic carbocycles. The quantitative estimate of drug-likeness (QED) is 0.268. The number of H-pyrrole nitrogens is 1. The van der Waals surface area contributed by atoms with E-state index in [4.69, 9.17) is 5.84 Å². The summed E-state index contributed by atoms with van der Waals surface area (Å²) >= 11 is 0. The molecular weight excluding hydrogens is 264 g/mol. The molecule has 3 heterocycles. The van der Waals surface area contributed by atoms with E-state index in [1.54, 1.807) is 6.20 Å². The maximum Gasteiger partial charge on any atom is 0.249 e. The van der Waals surface area contributed by atoms with Crippen LogP contribution in [0.2, 0.25) is 0 Å². The summed E-state index contributed by atoms with van der Waals surface area (Å²) in [5.41, 5.74) is 2.83. The zero-order valence-corrected chi connectivity index (χ0v) is 10.3. The van der Waals surface area contributed by atoms with Gasteiger partial charge in [-0.05, 0) is 6.42 Å². The monoisotopic (exact) mass is 276 g/mol. The second-order valence-corrected chi connectivity index (χ2v) is 4.32. The first kappa shape index (κ1) is 12.3. The van der Waals surface area contributed by atoms with Gasteiger partial charge in [0.25, 0.3) is 0 Å². The Labute approximate surface area is 112 Å². The molecule has 104 valence electrons. The van der Waals surface area contributed by atoms with Crippen LogP contribution in [0.3, 0.4) is 0 Å². The molecule has 1 saturated heterocycles. The highest BCUT2D eigenvalue weighted by atomic mass is 16.2. The average molecular weight is 276 g/mol. The second-order valence-electron chi connectivity index (χ2n) is 4.32. The molecule has 2 aromatic heterocycles. The van der Waals surface area contributed by atoms with Gasteiger partial charge in [-0.2, -0.15) is 15.1 Å². The lowest BCUT2D eigenvalue weighted by atomic mass is 10.1. The van der Waals surface area contributed by atoms with Crippen molar-refractivity contribution < 1.29 is 9.59 Å². The fourth-order valence-electron chi connectivity index (χ4n) is 2.01. The second kappa shape index (κ2) is 4.74. The summed E-state index contributed by atoms with van der Waals surface area (Å²) in [6.07, 6.45) is 2.23. The number of hydrogen-bond acceptors (Lipinski definition) is 8. The zero-order chi connectivity index (χ0) is 14.1. The number of hydrazine groups is 1. The summed E-state index contributed by atoms with van der Waals surface area (Å²) < 4.78 is 0. The number of rotatable bonds is 3. The maximum absolute atomic E-state index is 11.7. The van der Waals surface area contributed by atoms with Crippen molar-refractivity contribution in [1.29, 1.82) is 0 Å². The Balaban J connectivity index is 1.91. The lowest BCUT2D eigenvalue weighted by Crippen LogP contribution is -2.47. The molecule has 0 radical (unpaired) electrons. The van der Waals surface area contributed by atoms with Crippen molar-refractivity contribution in [2.75, 3.05) is 10.7 Å². The highest BCUT2D eigenvalue weighted by Crippen LogP contribution is 2.21. The van der Waals surface area contributed by atoms with Crippen molar-refractivity contribution >= 4 is 34.6 Å². The van der Waals surface area contributed by atoms with Crippen LogP contribution >= 0.6 is 0 Å². The Bertz CT molecular complexity index is 681. The van der Waals surface area contributed by atoms with E-state index in [0.717, 1.165) is 0 Å². The van der Waals surface area contributed by atoms with E-state index in [9.17, 15) is 9.59 Å². The molecule has 10 nitrogen and oxygen atoms in total. The number of nitrogens with one attached hydrogen (secondary N) is 4. The minimum absolute atomic E-state index is 0.191. The van der Waals surface area contributed by atoms with E-state index in [0.29, 0.717) is 23.3 Å². The van der Waals surface area contributed by atoms with Crippen LogP contribution in [0, 0.1) is 0 Å². The zero-order valence-electron chi connectivity index (χ0n) is 10.3. The Morgan fingerprint density at radius 2 is 2.20 bits per heavy atom. The van der Waals surface area contributed by atoms with E-state index in [1.165, 1.54) is 0 Å². The molecule has 0 spiro atoms. The summed E-state index contributed by atoms with van der Waals surface area (Å²) in [5, 5.41) is 12.5. The van der Waals surface area contributed by atoms with Crippen molar-refractivity contribution in [3.8, 4) is 0 Å². The summed E-state index contributed by atoms with van der Waals surface area (Å²) in [5.74, 6) is 5.26. The third-order valence-corrected chi connectivity index (χ3v) is 2.99. The van der Waals surface area contributed by atoms with Crippen molar-refractivity contribution in [1.82, 2.24) is 25.5 Å². The molecule has 0 aromatic carbocycles. The van der Waals surface area contributed by atoms with Crippen molar-refractivity contribution in [2.24, 2.45) is 5.84 Å². The topological polar surface area (TPSA) is 151 Å². The van der Waals surface area contributed by atoms with E-state index >= 15 is 0 Å². The van der Waals surface area contributed by atoms with E-state index in [-0.39, 0.29) is 24.2 Å². The first-order chi connectivity index (χ1) is 9.67. The Hall–Kier alpha value is -2.75. The first-order valence-corrected chi connectivity index (χ1v) is 5.95.